The van der Waals surface area contributed by atoms with Crippen LogP contribution in [0.3, 0.4) is 0 Å². The Hall–Kier alpha value is -7.96. The van der Waals surface area contributed by atoms with E-state index in [0.717, 1.165) is 88.4 Å². The van der Waals surface area contributed by atoms with Gasteiger partial charge in [0.25, 0.3) is 0 Å². The molecule has 3 heterocycles. The first-order valence-corrected chi connectivity index (χ1v) is 19.9. The number of phenolic OH excluding ortho intramolecular Hbond substituents is 1. The van der Waals surface area contributed by atoms with Crippen molar-refractivity contribution in [2.45, 2.75) is 0 Å². The quantitative estimate of drug-likeness (QED) is 0.171. The van der Waals surface area contributed by atoms with Gasteiger partial charge in [-0.15, -0.1) is 0 Å². The number of aromatic hydroxyl groups is 1. The van der Waals surface area contributed by atoms with Crippen LogP contribution in [0.4, 0.5) is 0 Å². The summed E-state index contributed by atoms with van der Waals surface area (Å²) >= 11 is 0. The minimum absolute atomic E-state index is 0.132. The van der Waals surface area contributed by atoms with E-state index in [2.05, 4.69) is 89.5 Å². The van der Waals surface area contributed by atoms with Crippen LogP contribution >= 0.6 is 0 Å². The van der Waals surface area contributed by atoms with Gasteiger partial charge in [-0.25, -0.2) is 0 Å². The number of aromatic nitrogens is 1. The molecule has 6 heteroatoms. The maximum absolute atomic E-state index is 12.0. The second kappa shape index (κ2) is 13.3. The van der Waals surface area contributed by atoms with Crippen molar-refractivity contribution < 1.29 is 18.7 Å². The zero-order chi connectivity index (χ0) is 39.9. The number of ether oxygens (including phenoxy) is 1. The van der Waals surface area contributed by atoms with Crippen LogP contribution in [0.5, 0.6) is 17.2 Å². The molecule has 12 rings (SSSR count). The lowest BCUT2D eigenvalue weighted by Gasteiger charge is -2.16. The Morgan fingerprint density at radius 1 is 0.450 bits per heavy atom. The first-order chi connectivity index (χ1) is 29.6. The molecule has 0 amide bonds. The Labute approximate surface area is 345 Å². The van der Waals surface area contributed by atoms with Crippen LogP contribution in [-0.2, 0) is 0 Å². The molecule has 0 aliphatic rings. The van der Waals surface area contributed by atoms with Crippen LogP contribution in [0.2, 0.25) is 0 Å². The molecule has 0 bridgehead atoms. The smallest absolute Gasteiger partial charge is 0.143 e. The topological polar surface area (TPSA) is 60.7 Å². The second-order valence-corrected chi connectivity index (χ2v) is 15.2. The van der Waals surface area contributed by atoms with E-state index >= 15 is 0 Å². The molecular weight excluding hydrogens is 737 g/mol. The van der Waals surface area contributed by atoms with Crippen LogP contribution in [-0.4, -0.2) is 17.5 Å². The van der Waals surface area contributed by atoms with Crippen molar-refractivity contribution >= 4 is 79.0 Å². The van der Waals surface area contributed by atoms with Gasteiger partial charge in [0, 0.05) is 49.1 Å². The third-order valence-corrected chi connectivity index (χ3v) is 11.7. The Kier molecular flexibility index (Phi) is 7.56. The van der Waals surface area contributed by atoms with E-state index in [1.165, 1.54) is 10.8 Å². The lowest BCUT2D eigenvalue weighted by atomic mass is 9.93. The molecule has 0 fully saturated rings. The summed E-state index contributed by atoms with van der Waals surface area (Å²) in [5.41, 5.74) is 11.9. The molecule has 60 heavy (non-hydrogen) atoms. The van der Waals surface area contributed by atoms with Crippen LogP contribution in [0.15, 0.2) is 197 Å². The molecule has 0 unspecified atom stereocenters. The van der Waals surface area contributed by atoms with Gasteiger partial charge < -0.3 is 23.2 Å². The molecule has 5 nitrogen and oxygen atoms in total. The molecule has 3 aromatic heterocycles. The Morgan fingerprint density at radius 3 is 1.83 bits per heavy atom. The largest absolute Gasteiger partial charge is 0.507 e. The molecule has 280 valence electrons. The third-order valence-electron chi connectivity index (χ3n) is 11.7. The lowest BCUT2D eigenvalue weighted by molar-refractivity contribution is 0.477. The van der Waals surface area contributed by atoms with E-state index < -0.39 is 0 Å². The maximum atomic E-state index is 12.0. The third kappa shape index (κ3) is 5.35. The van der Waals surface area contributed by atoms with Crippen molar-refractivity contribution in [3.05, 3.63) is 188 Å². The van der Waals surface area contributed by atoms with E-state index in [9.17, 15) is 5.11 Å². The Morgan fingerprint density at radius 2 is 1.08 bits per heavy atom. The van der Waals surface area contributed by atoms with Gasteiger partial charge in [0.1, 0.15) is 47.4 Å². The average Bonchev–Trinajstić information content (AvgIpc) is 3.96. The highest BCUT2D eigenvalue weighted by Gasteiger charge is 2.21. The SMILES string of the molecule is [B]c1ccccc1Oc1cc(-c2ccc(-c3cccc4oc5ccccc5c34)cc2O)cc(-c2cc(-n3c4ccccc4c4ccccc43)cc3c2oc2ccccc23)c1. The lowest BCUT2D eigenvalue weighted by Crippen LogP contribution is -2.05. The highest BCUT2D eigenvalue weighted by atomic mass is 16.5. The van der Waals surface area contributed by atoms with Gasteiger partial charge in [0.05, 0.1) is 11.0 Å². The summed E-state index contributed by atoms with van der Waals surface area (Å²) in [4.78, 5) is 0. The van der Waals surface area contributed by atoms with Gasteiger partial charge >= 0.3 is 0 Å². The minimum Gasteiger partial charge on any atom is -0.507 e. The van der Waals surface area contributed by atoms with E-state index in [4.69, 9.17) is 21.4 Å². The summed E-state index contributed by atoms with van der Waals surface area (Å²) < 4.78 is 21.8. The standard InChI is InChI=1S/C54H32BNO4/c55-45-17-5-10-22-51(45)58-36-27-33(37-25-24-32(29-48(37)57)38-16-11-23-52-53(38)42-15-4-9-21-50(42)59-52)26-34(28-36)43-30-35(31-44-41-14-3-8-20-49(41)60-54(43)44)56-46-18-6-1-12-39(46)40-13-2-7-19-47(40)56/h1-31,57H. The van der Waals surface area contributed by atoms with Crippen LogP contribution < -0.4 is 10.2 Å². The molecule has 9 aromatic carbocycles. The van der Waals surface area contributed by atoms with E-state index in [-0.39, 0.29) is 5.75 Å². The van der Waals surface area contributed by atoms with Crippen molar-refractivity contribution in [3.8, 4) is 56.3 Å². The average molecular weight is 770 g/mol. The fourth-order valence-electron chi connectivity index (χ4n) is 8.98. The summed E-state index contributed by atoms with van der Waals surface area (Å²) in [7, 11) is 6.42. The first kappa shape index (κ1) is 34.1. The maximum Gasteiger partial charge on any atom is 0.143 e. The molecule has 0 saturated heterocycles. The fraction of sp³-hybridized carbons (Fsp3) is 0. The number of para-hydroxylation sites is 5. The van der Waals surface area contributed by atoms with Gasteiger partial charge in [-0.2, -0.15) is 0 Å². The molecule has 0 aliphatic carbocycles. The van der Waals surface area contributed by atoms with Crippen molar-refractivity contribution in [2.75, 3.05) is 0 Å². The van der Waals surface area contributed by atoms with Gasteiger partial charge in [-0.1, -0.05) is 121 Å². The Balaban J connectivity index is 1.09. The molecule has 2 radical (unpaired) electrons. The monoisotopic (exact) mass is 769 g/mol. The highest BCUT2D eigenvalue weighted by Crippen LogP contribution is 2.45. The summed E-state index contributed by atoms with van der Waals surface area (Å²) in [5.74, 6) is 1.23. The van der Waals surface area contributed by atoms with Gasteiger partial charge in [0.15, 0.2) is 0 Å². The number of hydrogen-bond acceptors (Lipinski definition) is 4. The highest BCUT2D eigenvalue weighted by molar-refractivity contribution is 6.34. The fourth-order valence-corrected chi connectivity index (χ4v) is 8.98. The molecule has 0 saturated carbocycles. The molecule has 1 N–H and O–H groups in total. The normalized spacial score (nSPS) is 11.8. The number of nitrogens with zero attached hydrogens (tertiary/aromatic N) is 1. The first-order valence-electron chi connectivity index (χ1n) is 19.9. The number of benzene rings is 9. The summed E-state index contributed by atoms with van der Waals surface area (Å²) in [5, 5.41) is 18.4. The second-order valence-electron chi connectivity index (χ2n) is 15.2. The van der Waals surface area contributed by atoms with E-state index in [1.807, 2.05) is 103 Å². The summed E-state index contributed by atoms with van der Waals surface area (Å²) in [6, 6.07) is 63.1. The molecule has 0 atom stereocenters. The summed E-state index contributed by atoms with van der Waals surface area (Å²) in [6.07, 6.45) is 0. The number of phenols is 1. The van der Waals surface area contributed by atoms with Crippen molar-refractivity contribution in [1.82, 2.24) is 4.57 Å². The van der Waals surface area contributed by atoms with Gasteiger partial charge in [0.2, 0.25) is 0 Å². The van der Waals surface area contributed by atoms with E-state index in [0.29, 0.717) is 22.5 Å². The van der Waals surface area contributed by atoms with Crippen LogP contribution in [0.1, 0.15) is 0 Å². The predicted octanol–water partition coefficient (Wildman–Crippen LogP) is 13.9. The van der Waals surface area contributed by atoms with Crippen molar-refractivity contribution in [3.63, 3.8) is 0 Å². The molecule has 0 spiro atoms. The molecular formula is C54H32BNO4. The van der Waals surface area contributed by atoms with Crippen molar-refractivity contribution in [2.24, 2.45) is 0 Å². The number of fused-ring (bicyclic) bond motifs is 9. The predicted molar refractivity (Wildman–Crippen MR) is 245 cm³/mol. The van der Waals surface area contributed by atoms with E-state index in [1.54, 1.807) is 0 Å². The minimum atomic E-state index is 0.132. The van der Waals surface area contributed by atoms with Crippen LogP contribution in [0, 0.1) is 0 Å². The number of furan rings is 2. The summed E-state index contributed by atoms with van der Waals surface area (Å²) in [6.45, 7) is 0. The molecule has 0 aliphatic heterocycles. The van der Waals surface area contributed by atoms with Crippen molar-refractivity contribution in [1.29, 1.82) is 0 Å². The Bertz CT molecular complexity index is 3630. The zero-order valence-electron chi connectivity index (χ0n) is 32.1. The number of hydrogen-bond donors (Lipinski definition) is 1. The van der Waals surface area contributed by atoms with Gasteiger partial charge in [-0.3, -0.25) is 0 Å². The zero-order valence-corrected chi connectivity index (χ0v) is 32.1. The van der Waals surface area contributed by atoms with Gasteiger partial charge in [-0.05, 0) is 95.1 Å². The number of rotatable bonds is 6. The molecule has 12 aromatic rings. The van der Waals surface area contributed by atoms with Crippen LogP contribution in [0.25, 0.3) is 105 Å².